The van der Waals surface area contributed by atoms with Crippen LogP contribution in [0.2, 0.25) is 19.6 Å². The molecule has 0 atom stereocenters. The van der Waals surface area contributed by atoms with Crippen molar-refractivity contribution in [3.63, 3.8) is 0 Å². The molecule has 0 aliphatic heterocycles. The zero-order valence-electron chi connectivity index (χ0n) is 14.3. The highest BCUT2D eigenvalue weighted by Crippen LogP contribution is 2.29. The Kier molecular flexibility index (Phi) is 5.88. The smallest absolute Gasteiger partial charge is 0.416 e. The van der Waals surface area contributed by atoms with Gasteiger partial charge in [0, 0.05) is 0 Å². The number of nitrogens with zero attached hydrogens (tertiary/aromatic N) is 1. The van der Waals surface area contributed by atoms with Gasteiger partial charge in [0.2, 0.25) is 0 Å². The van der Waals surface area contributed by atoms with E-state index in [0.717, 1.165) is 11.6 Å². The van der Waals surface area contributed by atoms with Gasteiger partial charge >= 0.3 is 6.18 Å². The van der Waals surface area contributed by atoms with Gasteiger partial charge in [-0.15, -0.1) is 13.1 Å². The maximum atomic E-state index is 12.7. The third-order valence-electron chi connectivity index (χ3n) is 3.93. The Hall–Kier alpha value is -1.59. The van der Waals surface area contributed by atoms with Crippen LogP contribution < -0.4 is 5.19 Å². The average molecular weight is 350 g/mol. The molecule has 0 aromatic heterocycles. The highest BCUT2D eigenvalue weighted by atomic mass is 28.3. The minimum Gasteiger partial charge on any atom is -0.658 e. The summed E-state index contributed by atoms with van der Waals surface area (Å²) in [5.74, 6) is 0. The van der Waals surface area contributed by atoms with Crippen molar-refractivity contribution in [1.82, 2.24) is 0 Å². The van der Waals surface area contributed by atoms with Crippen molar-refractivity contribution in [1.29, 1.82) is 0 Å². The van der Waals surface area contributed by atoms with Crippen LogP contribution in [0.3, 0.4) is 0 Å². The van der Waals surface area contributed by atoms with Crippen LogP contribution in [-0.2, 0) is 19.1 Å². The summed E-state index contributed by atoms with van der Waals surface area (Å²) in [6, 6.07) is 14.0. The van der Waals surface area contributed by atoms with E-state index in [9.17, 15) is 13.2 Å². The topological polar surface area (TPSA) is 14.1 Å². The first-order valence-corrected chi connectivity index (χ1v) is 11.5. The molecule has 24 heavy (non-hydrogen) atoms. The minimum atomic E-state index is -4.29. The summed E-state index contributed by atoms with van der Waals surface area (Å²) in [7, 11) is -1.28. The Morgan fingerprint density at radius 3 is 2.17 bits per heavy atom. The van der Waals surface area contributed by atoms with Crippen molar-refractivity contribution in [2.75, 3.05) is 6.54 Å². The molecule has 2 aromatic rings. The van der Waals surface area contributed by atoms with Crippen molar-refractivity contribution in [2.24, 2.45) is 0 Å². The molecule has 1 nitrogen and oxygen atoms in total. The maximum Gasteiger partial charge on any atom is 0.416 e. The molecule has 0 saturated heterocycles. The number of halogens is 3. The minimum absolute atomic E-state index is 0.525. The van der Waals surface area contributed by atoms with Crippen LogP contribution in [0.5, 0.6) is 0 Å². The van der Waals surface area contributed by atoms with Crippen LogP contribution in [0.25, 0.3) is 5.32 Å². The predicted octanol–water partition coefficient (Wildman–Crippen LogP) is 5.37. The van der Waals surface area contributed by atoms with E-state index in [4.69, 9.17) is 0 Å². The number of hydrogen-bond donors (Lipinski definition) is 0. The molecule has 0 amide bonds. The molecule has 0 unspecified atom stereocenters. The molecule has 5 heteroatoms. The number of hydrogen-bond acceptors (Lipinski definition) is 0. The summed E-state index contributed by atoms with van der Waals surface area (Å²) in [5, 5.41) is 5.86. The zero-order valence-corrected chi connectivity index (χ0v) is 15.3. The monoisotopic (exact) mass is 350 g/mol. The van der Waals surface area contributed by atoms with Gasteiger partial charge in [-0.3, -0.25) is 0 Å². The van der Waals surface area contributed by atoms with Crippen LogP contribution in [0.4, 0.5) is 13.2 Å². The molecule has 0 bridgehead atoms. The first-order valence-electron chi connectivity index (χ1n) is 8.05. The normalized spacial score (nSPS) is 12.4. The number of alkyl halides is 3. The second-order valence-corrected chi connectivity index (χ2v) is 12.1. The molecule has 2 rings (SSSR count). The standard InChI is InChI=1S/C19H23F3NSi/c1-24(2,3)18-9-7-16(8-10-18)14-23-12-11-15-5-4-6-17(13-15)19(20,21)22/h4-10,13H,11-12,14H2,1-3H3/q-1. The van der Waals surface area contributed by atoms with Crippen LogP contribution in [0, 0.1) is 0 Å². The van der Waals surface area contributed by atoms with E-state index in [0.29, 0.717) is 25.1 Å². The molecule has 0 radical (unpaired) electrons. The fourth-order valence-corrected chi connectivity index (χ4v) is 3.60. The average Bonchev–Trinajstić information content (AvgIpc) is 2.51. The Bertz CT molecular complexity index is 658. The molecule has 0 spiro atoms. The Labute approximate surface area is 142 Å². The van der Waals surface area contributed by atoms with Gasteiger partial charge in [-0.25, -0.2) is 0 Å². The second kappa shape index (κ2) is 7.53. The van der Waals surface area contributed by atoms with Gasteiger partial charge in [0.25, 0.3) is 0 Å². The SMILES string of the molecule is C[Si](C)(C)c1ccc(C[N-]CCc2cccc(C(F)(F)F)c2)cc1. The Balaban J connectivity index is 1.83. The zero-order chi connectivity index (χ0) is 17.8. The fourth-order valence-electron chi connectivity index (χ4n) is 2.43. The third-order valence-corrected chi connectivity index (χ3v) is 5.99. The molecule has 0 heterocycles. The van der Waals surface area contributed by atoms with Gasteiger partial charge in [0.1, 0.15) is 0 Å². The lowest BCUT2D eigenvalue weighted by Gasteiger charge is -2.21. The van der Waals surface area contributed by atoms with E-state index >= 15 is 0 Å². The van der Waals surface area contributed by atoms with E-state index in [1.165, 1.54) is 17.3 Å². The van der Waals surface area contributed by atoms with Crippen molar-refractivity contribution in [3.8, 4) is 0 Å². The lowest BCUT2D eigenvalue weighted by molar-refractivity contribution is -0.137. The van der Waals surface area contributed by atoms with Gasteiger partial charge in [0.15, 0.2) is 0 Å². The van der Waals surface area contributed by atoms with Crippen molar-refractivity contribution in [2.45, 2.75) is 38.8 Å². The summed E-state index contributed by atoms with van der Waals surface area (Å²) in [4.78, 5) is 0. The lowest BCUT2D eigenvalue weighted by atomic mass is 10.1. The molecule has 0 N–H and O–H groups in total. The van der Waals surface area contributed by atoms with E-state index in [2.05, 4.69) is 49.2 Å². The number of benzene rings is 2. The Morgan fingerprint density at radius 2 is 1.58 bits per heavy atom. The summed E-state index contributed by atoms with van der Waals surface area (Å²) >= 11 is 0. The van der Waals surface area contributed by atoms with Gasteiger partial charge < -0.3 is 5.32 Å². The third kappa shape index (κ3) is 5.49. The highest BCUT2D eigenvalue weighted by Gasteiger charge is 2.30. The van der Waals surface area contributed by atoms with Crippen LogP contribution in [0.1, 0.15) is 16.7 Å². The maximum absolute atomic E-state index is 12.7. The van der Waals surface area contributed by atoms with Gasteiger partial charge in [-0.2, -0.15) is 13.2 Å². The fraction of sp³-hybridized carbons (Fsp3) is 0.368. The molecular formula is C19H23F3NSi-. The Morgan fingerprint density at radius 1 is 0.917 bits per heavy atom. The van der Waals surface area contributed by atoms with E-state index < -0.39 is 19.8 Å². The van der Waals surface area contributed by atoms with Crippen molar-refractivity contribution in [3.05, 3.63) is 70.5 Å². The first-order chi connectivity index (χ1) is 11.2. The molecule has 0 fully saturated rings. The van der Waals surface area contributed by atoms with E-state index in [1.54, 1.807) is 6.07 Å². The summed E-state index contributed by atoms with van der Waals surface area (Å²) in [5.41, 5.74) is 1.21. The summed E-state index contributed by atoms with van der Waals surface area (Å²) in [6.45, 7) is 8.05. The van der Waals surface area contributed by atoms with Gasteiger partial charge in [-0.05, 0) is 18.1 Å². The molecule has 0 saturated carbocycles. The second-order valence-electron chi connectivity index (χ2n) is 7.00. The molecule has 0 aliphatic carbocycles. The van der Waals surface area contributed by atoms with Gasteiger partial charge in [-0.1, -0.05) is 72.9 Å². The highest BCUT2D eigenvalue weighted by molar-refractivity contribution is 6.88. The molecule has 2 aromatic carbocycles. The molecular weight excluding hydrogens is 327 g/mol. The first kappa shape index (κ1) is 18.7. The summed E-state index contributed by atoms with van der Waals surface area (Å²) in [6.07, 6.45) is -3.76. The van der Waals surface area contributed by atoms with E-state index in [-0.39, 0.29) is 0 Å². The van der Waals surface area contributed by atoms with Crippen LogP contribution in [-0.4, -0.2) is 14.6 Å². The van der Waals surface area contributed by atoms with Gasteiger partial charge in [0.05, 0.1) is 13.6 Å². The van der Waals surface area contributed by atoms with E-state index in [1.807, 2.05) is 0 Å². The predicted molar refractivity (Wildman–Crippen MR) is 96.5 cm³/mol. The van der Waals surface area contributed by atoms with Crippen molar-refractivity contribution >= 4 is 13.3 Å². The quantitative estimate of drug-likeness (QED) is 0.491. The van der Waals surface area contributed by atoms with Crippen LogP contribution in [0.15, 0.2) is 48.5 Å². The molecule has 130 valence electrons. The largest absolute Gasteiger partial charge is 0.658 e. The lowest BCUT2D eigenvalue weighted by Crippen LogP contribution is -2.37. The van der Waals surface area contributed by atoms with Crippen LogP contribution >= 0.6 is 0 Å². The number of rotatable bonds is 6. The molecule has 0 aliphatic rings. The van der Waals surface area contributed by atoms with Crippen molar-refractivity contribution < 1.29 is 13.2 Å². The summed E-state index contributed by atoms with van der Waals surface area (Å²) < 4.78 is 38.0.